The van der Waals surface area contributed by atoms with E-state index < -0.39 is 11.4 Å². The highest BCUT2D eigenvalue weighted by atomic mass is 79.9. The van der Waals surface area contributed by atoms with Gasteiger partial charge in [0.25, 0.3) is 0 Å². The molecule has 0 heterocycles. The van der Waals surface area contributed by atoms with E-state index in [0.717, 1.165) is 4.47 Å². The Kier molecular flexibility index (Phi) is 3.73. The van der Waals surface area contributed by atoms with Crippen molar-refractivity contribution in [1.29, 1.82) is 0 Å². The van der Waals surface area contributed by atoms with Crippen LogP contribution >= 0.6 is 15.9 Å². The number of hydrogen-bond donors (Lipinski definition) is 1. The second-order valence-electron chi connectivity index (χ2n) is 4.71. The molecule has 0 saturated heterocycles. The van der Waals surface area contributed by atoms with Crippen LogP contribution < -0.4 is 0 Å². The lowest BCUT2D eigenvalue weighted by molar-refractivity contribution is -0.147. The average Bonchev–Trinajstić information content (AvgIpc) is 2.29. The fraction of sp³-hybridized carbons (Fsp3) is 0.462. The first-order chi connectivity index (χ1) is 8.44. The molecule has 0 unspecified atom stereocenters. The second kappa shape index (κ2) is 4.97. The minimum atomic E-state index is -1.16. The van der Waals surface area contributed by atoms with Crippen LogP contribution in [0.15, 0.2) is 22.7 Å². The van der Waals surface area contributed by atoms with E-state index in [1.807, 2.05) is 0 Å². The van der Waals surface area contributed by atoms with Crippen molar-refractivity contribution in [3.63, 3.8) is 0 Å². The third-order valence-corrected chi connectivity index (χ3v) is 3.86. The summed E-state index contributed by atoms with van der Waals surface area (Å²) in [6.45, 7) is 0. The summed E-state index contributed by atoms with van der Waals surface area (Å²) in [6, 6.07) is 4.50. The van der Waals surface area contributed by atoms with Crippen molar-refractivity contribution in [3.8, 4) is 0 Å². The van der Waals surface area contributed by atoms with E-state index in [1.54, 1.807) is 12.1 Å². The predicted molar refractivity (Wildman–Crippen MR) is 67.4 cm³/mol. The van der Waals surface area contributed by atoms with Crippen LogP contribution in [0.1, 0.15) is 24.8 Å². The first kappa shape index (κ1) is 13.5. The van der Waals surface area contributed by atoms with Crippen molar-refractivity contribution in [1.82, 2.24) is 0 Å². The van der Waals surface area contributed by atoms with Gasteiger partial charge in [0.15, 0.2) is 0 Å². The number of hydrogen-bond acceptors (Lipinski definition) is 3. The van der Waals surface area contributed by atoms with Gasteiger partial charge in [-0.1, -0.05) is 15.9 Å². The Bertz CT molecular complexity index is 469. The molecule has 1 aliphatic rings. The fourth-order valence-corrected chi connectivity index (χ4v) is 2.79. The molecule has 1 aromatic carbocycles. The predicted octanol–water partition coefficient (Wildman–Crippen LogP) is 2.75. The molecule has 1 aliphatic carbocycles. The van der Waals surface area contributed by atoms with Gasteiger partial charge in [-0.25, -0.2) is 4.39 Å². The first-order valence-electron chi connectivity index (χ1n) is 5.69. The van der Waals surface area contributed by atoms with E-state index in [9.17, 15) is 14.3 Å². The number of esters is 1. The zero-order valence-corrected chi connectivity index (χ0v) is 11.5. The highest BCUT2D eigenvalue weighted by Crippen LogP contribution is 2.48. The summed E-state index contributed by atoms with van der Waals surface area (Å²) in [7, 11) is 1.33. The first-order valence-corrected chi connectivity index (χ1v) is 6.48. The SMILES string of the molecule is COC(=O)CC1CC(O)(c2cc(Br)ccc2F)C1. The molecule has 1 N–H and O–H groups in total. The summed E-state index contributed by atoms with van der Waals surface area (Å²) in [6.07, 6.45) is 1.04. The topological polar surface area (TPSA) is 46.5 Å². The fourth-order valence-electron chi connectivity index (χ4n) is 2.43. The van der Waals surface area contributed by atoms with Gasteiger partial charge >= 0.3 is 5.97 Å². The molecule has 0 bridgehead atoms. The van der Waals surface area contributed by atoms with Gasteiger partial charge in [0.1, 0.15) is 5.82 Å². The third-order valence-electron chi connectivity index (χ3n) is 3.37. The largest absolute Gasteiger partial charge is 0.469 e. The molecule has 0 atom stereocenters. The van der Waals surface area contributed by atoms with Crippen molar-refractivity contribution in [2.75, 3.05) is 7.11 Å². The molecule has 1 aromatic rings. The Balaban J connectivity index is 2.07. The summed E-state index contributed by atoms with van der Waals surface area (Å²) >= 11 is 3.26. The van der Waals surface area contributed by atoms with Crippen molar-refractivity contribution in [2.24, 2.45) is 5.92 Å². The van der Waals surface area contributed by atoms with Crippen molar-refractivity contribution >= 4 is 21.9 Å². The van der Waals surface area contributed by atoms with E-state index in [4.69, 9.17) is 0 Å². The Morgan fingerprint density at radius 3 is 2.89 bits per heavy atom. The van der Waals surface area contributed by atoms with E-state index in [-0.39, 0.29) is 23.9 Å². The summed E-state index contributed by atoms with van der Waals surface area (Å²) in [4.78, 5) is 11.1. The molecule has 1 fully saturated rings. The molecule has 0 amide bonds. The second-order valence-corrected chi connectivity index (χ2v) is 5.63. The third kappa shape index (κ3) is 2.57. The van der Waals surface area contributed by atoms with Crippen molar-refractivity contribution in [3.05, 3.63) is 34.1 Å². The van der Waals surface area contributed by atoms with Gasteiger partial charge in [-0.3, -0.25) is 4.79 Å². The standard InChI is InChI=1S/C13H14BrFO3/c1-18-12(16)4-8-6-13(17,7-8)10-5-9(14)2-3-11(10)15/h2-3,5,8,17H,4,6-7H2,1H3. The van der Waals surface area contributed by atoms with E-state index in [2.05, 4.69) is 20.7 Å². The summed E-state index contributed by atoms with van der Waals surface area (Å²) in [5, 5.41) is 10.3. The number of aliphatic hydroxyl groups is 1. The lowest BCUT2D eigenvalue weighted by Gasteiger charge is -2.43. The van der Waals surface area contributed by atoms with Crippen LogP contribution in [0.3, 0.4) is 0 Å². The molecule has 0 aliphatic heterocycles. The Morgan fingerprint density at radius 2 is 2.28 bits per heavy atom. The van der Waals surface area contributed by atoms with E-state index >= 15 is 0 Å². The van der Waals surface area contributed by atoms with Crippen molar-refractivity contribution < 1.29 is 19.0 Å². The minimum absolute atomic E-state index is 0.0563. The van der Waals surface area contributed by atoms with Gasteiger partial charge < -0.3 is 9.84 Å². The smallest absolute Gasteiger partial charge is 0.305 e. The average molecular weight is 317 g/mol. The van der Waals surface area contributed by atoms with E-state index in [1.165, 1.54) is 13.2 Å². The molecule has 1 saturated carbocycles. The van der Waals surface area contributed by atoms with Gasteiger partial charge in [0.05, 0.1) is 12.7 Å². The molecular weight excluding hydrogens is 303 g/mol. The Labute approximate surface area is 113 Å². The molecule has 0 aromatic heterocycles. The summed E-state index contributed by atoms with van der Waals surface area (Å²) in [5.41, 5.74) is -0.870. The van der Waals surface area contributed by atoms with Gasteiger partial charge in [0.2, 0.25) is 0 Å². The van der Waals surface area contributed by atoms with Gasteiger partial charge in [-0.2, -0.15) is 0 Å². The van der Waals surface area contributed by atoms with Crippen LogP contribution in [0, 0.1) is 11.7 Å². The molecular formula is C13H14BrFO3. The molecule has 0 radical (unpaired) electrons. The molecule has 0 spiro atoms. The summed E-state index contributed by atoms with van der Waals surface area (Å²) in [5.74, 6) is -0.658. The summed E-state index contributed by atoms with van der Waals surface area (Å²) < 4.78 is 19.0. The molecule has 2 rings (SSSR count). The lowest BCUT2D eigenvalue weighted by atomic mass is 9.66. The van der Waals surface area contributed by atoms with Gasteiger partial charge in [0, 0.05) is 16.5 Å². The maximum Gasteiger partial charge on any atom is 0.305 e. The quantitative estimate of drug-likeness (QED) is 0.872. The van der Waals surface area contributed by atoms with Crippen LogP contribution in [0.4, 0.5) is 4.39 Å². The van der Waals surface area contributed by atoms with Crippen LogP contribution in [-0.2, 0) is 15.1 Å². The number of carbonyl (C=O) groups is 1. The Morgan fingerprint density at radius 1 is 1.61 bits per heavy atom. The molecule has 5 heteroatoms. The number of carbonyl (C=O) groups excluding carboxylic acids is 1. The number of methoxy groups -OCH3 is 1. The van der Waals surface area contributed by atoms with Crippen LogP contribution in [0.2, 0.25) is 0 Å². The van der Waals surface area contributed by atoms with E-state index in [0.29, 0.717) is 12.8 Å². The Hall–Kier alpha value is -0.940. The molecule has 3 nitrogen and oxygen atoms in total. The number of ether oxygens (including phenoxy) is 1. The van der Waals surface area contributed by atoms with Gasteiger partial charge in [-0.05, 0) is 37.0 Å². The molecule has 18 heavy (non-hydrogen) atoms. The zero-order valence-electron chi connectivity index (χ0n) is 9.95. The normalized spacial score (nSPS) is 26.6. The lowest BCUT2D eigenvalue weighted by Crippen LogP contribution is -2.42. The number of rotatable bonds is 3. The maximum absolute atomic E-state index is 13.7. The van der Waals surface area contributed by atoms with Crippen molar-refractivity contribution in [2.45, 2.75) is 24.9 Å². The van der Waals surface area contributed by atoms with Gasteiger partial charge in [-0.15, -0.1) is 0 Å². The zero-order chi connectivity index (χ0) is 13.3. The number of halogens is 2. The molecule has 98 valence electrons. The van der Waals surface area contributed by atoms with Crippen LogP contribution in [0.5, 0.6) is 0 Å². The maximum atomic E-state index is 13.7. The van der Waals surface area contributed by atoms with Crippen LogP contribution in [-0.4, -0.2) is 18.2 Å². The highest BCUT2D eigenvalue weighted by molar-refractivity contribution is 9.10. The monoisotopic (exact) mass is 316 g/mol. The van der Waals surface area contributed by atoms with Crippen LogP contribution in [0.25, 0.3) is 0 Å². The number of benzene rings is 1. The highest BCUT2D eigenvalue weighted by Gasteiger charge is 2.46. The minimum Gasteiger partial charge on any atom is -0.469 e.